The smallest absolute Gasteiger partial charge is 0.347 e. The molecule has 1 aliphatic carbocycles. The largest absolute Gasteiger partial charge is 0.496 e. The first-order valence-electron chi connectivity index (χ1n) is 10.7. The zero-order valence-electron chi connectivity index (χ0n) is 18.4. The summed E-state index contributed by atoms with van der Waals surface area (Å²) < 4.78 is 5.40. The number of ether oxygens (including phenoxy) is 1. The lowest BCUT2D eigenvalue weighted by atomic mass is 10.1. The molecule has 0 radical (unpaired) electrons. The van der Waals surface area contributed by atoms with Crippen LogP contribution in [0.1, 0.15) is 37.1 Å². The Hall–Kier alpha value is -2.75. The second-order valence-corrected chi connectivity index (χ2v) is 10.3. The summed E-state index contributed by atoms with van der Waals surface area (Å²) in [5, 5.41) is 14.0. The maximum atomic E-state index is 12.6. The van der Waals surface area contributed by atoms with Gasteiger partial charge < -0.3 is 25.0 Å². The SMILES string of the molecule is COc1ccccc1Cc1nc(N2C[C@@H]3C(NC(=O)c4[nH]c(C)c(Cl)c4Cl)[C@@H]3C2)sc1C(=O)O. The number of carboxylic acid groups (broad SMARTS) is 1. The van der Waals surface area contributed by atoms with Crippen LogP contribution in [0.3, 0.4) is 0 Å². The fraction of sp³-hybridized carbons (Fsp3) is 0.348. The number of benzene rings is 1. The van der Waals surface area contributed by atoms with E-state index in [2.05, 4.69) is 20.2 Å². The number of hydrogen-bond acceptors (Lipinski definition) is 6. The second kappa shape index (κ2) is 8.79. The van der Waals surface area contributed by atoms with Crippen molar-refractivity contribution in [3.8, 4) is 5.75 Å². The van der Waals surface area contributed by atoms with E-state index in [9.17, 15) is 14.7 Å². The van der Waals surface area contributed by atoms with Crippen LogP contribution in [0.25, 0.3) is 0 Å². The van der Waals surface area contributed by atoms with E-state index in [-0.39, 0.29) is 39.4 Å². The molecule has 8 nitrogen and oxygen atoms in total. The summed E-state index contributed by atoms with van der Waals surface area (Å²) in [6.07, 6.45) is 0.375. The molecule has 3 atom stereocenters. The van der Waals surface area contributed by atoms with Gasteiger partial charge in [0.2, 0.25) is 0 Å². The van der Waals surface area contributed by atoms with Crippen molar-refractivity contribution in [3.05, 3.63) is 61.8 Å². The van der Waals surface area contributed by atoms with Crippen LogP contribution < -0.4 is 15.0 Å². The number of aromatic carboxylic acids is 1. The van der Waals surface area contributed by atoms with Crippen LogP contribution in [0.15, 0.2) is 24.3 Å². The predicted molar refractivity (Wildman–Crippen MR) is 131 cm³/mol. The zero-order chi connectivity index (χ0) is 24.1. The molecular weight excluding hydrogens is 499 g/mol. The first-order chi connectivity index (χ1) is 16.3. The fourth-order valence-electron chi connectivity index (χ4n) is 4.64. The number of fused-ring (bicyclic) bond motifs is 1. The number of hydrogen-bond donors (Lipinski definition) is 3. The summed E-state index contributed by atoms with van der Waals surface area (Å²) >= 11 is 13.4. The van der Waals surface area contributed by atoms with E-state index < -0.39 is 5.97 Å². The third kappa shape index (κ3) is 4.01. The van der Waals surface area contributed by atoms with E-state index >= 15 is 0 Å². The van der Waals surface area contributed by atoms with Gasteiger partial charge in [0.15, 0.2) is 5.13 Å². The molecule has 1 saturated heterocycles. The van der Waals surface area contributed by atoms with Gasteiger partial charge in [-0.15, -0.1) is 0 Å². The monoisotopic (exact) mass is 520 g/mol. The fourth-order valence-corrected chi connectivity index (χ4v) is 6.00. The van der Waals surface area contributed by atoms with Gasteiger partial charge in [-0.3, -0.25) is 4.79 Å². The minimum absolute atomic E-state index is 0.0501. The number of carbonyl (C=O) groups is 2. The van der Waals surface area contributed by atoms with E-state index in [0.29, 0.717) is 46.8 Å². The lowest BCUT2D eigenvalue weighted by molar-refractivity contribution is 0.0700. The Bertz CT molecular complexity index is 1280. The Balaban J connectivity index is 1.26. The molecule has 1 aromatic carbocycles. The van der Waals surface area contributed by atoms with E-state index in [4.69, 9.17) is 27.9 Å². The third-order valence-corrected chi connectivity index (χ3v) is 8.57. The number of piperidine rings is 1. The molecule has 2 aliphatic rings. The Morgan fingerprint density at radius 3 is 2.59 bits per heavy atom. The molecule has 0 bridgehead atoms. The maximum Gasteiger partial charge on any atom is 0.347 e. The summed E-state index contributed by atoms with van der Waals surface area (Å²) in [5.41, 5.74) is 2.34. The lowest BCUT2D eigenvalue weighted by Crippen LogP contribution is -2.34. The number of thiazole rings is 1. The van der Waals surface area contributed by atoms with Gasteiger partial charge in [-0.2, -0.15) is 0 Å². The van der Waals surface area contributed by atoms with Crippen molar-refractivity contribution in [2.75, 3.05) is 25.1 Å². The Labute approximate surface area is 209 Å². The number of carboxylic acids is 1. The second-order valence-electron chi connectivity index (χ2n) is 8.55. The van der Waals surface area contributed by atoms with E-state index in [0.717, 1.165) is 5.56 Å². The minimum atomic E-state index is -0.986. The first-order valence-corrected chi connectivity index (χ1v) is 12.3. The van der Waals surface area contributed by atoms with Crippen LogP contribution in [0, 0.1) is 18.8 Å². The number of anilines is 1. The highest BCUT2D eigenvalue weighted by molar-refractivity contribution is 7.17. The number of para-hydroxylation sites is 1. The highest BCUT2D eigenvalue weighted by Gasteiger charge is 2.57. The molecule has 1 saturated carbocycles. The minimum Gasteiger partial charge on any atom is -0.496 e. The quantitative estimate of drug-likeness (QED) is 0.429. The molecule has 34 heavy (non-hydrogen) atoms. The molecule has 1 amide bonds. The molecule has 1 unspecified atom stereocenters. The lowest BCUT2D eigenvalue weighted by Gasteiger charge is -2.19. The number of amides is 1. The van der Waals surface area contributed by atoms with Crippen LogP contribution in [-0.4, -0.2) is 53.2 Å². The zero-order valence-corrected chi connectivity index (χ0v) is 20.7. The van der Waals surface area contributed by atoms with Crippen molar-refractivity contribution in [2.45, 2.75) is 19.4 Å². The number of rotatable bonds is 7. The van der Waals surface area contributed by atoms with Crippen LogP contribution in [0.4, 0.5) is 5.13 Å². The Morgan fingerprint density at radius 2 is 1.97 bits per heavy atom. The summed E-state index contributed by atoms with van der Waals surface area (Å²) in [5.74, 6) is 0.00799. The van der Waals surface area contributed by atoms with E-state index in [1.807, 2.05) is 24.3 Å². The molecule has 1 aliphatic heterocycles. The van der Waals surface area contributed by atoms with Crippen molar-refractivity contribution < 1.29 is 19.4 Å². The average Bonchev–Trinajstić information content (AvgIpc) is 3.19. The van der Waals surface area contributed by atoms with Crippen molar-refractivity contribution >= 4 is 51.5 Å². The summed E-state index contributed by atoms with van der Waals surface area (Å²) in [7, 11) is 1.59. The molecule has 11 heteroatoms. The van der Waals surface area contributed by atoms with Gasteiger partial charge >= 0.3 is 5.97 Å². The van der Waals surface area contributed by atoms with Gasteiger partial charge in [-0.05, 0) is 13.0 Å². The van der Waals surface area contributed by atoms with Crippen LogP contribution in [-0.2, 0) is 6.42 Å². The van der Waals surface area contributed by atoms with Crippen molar-refractivity contribution in [1.82, 2.24) is 15.3 Å². The molecule has 2 aromatic heterocycles. The predicted octanol–water partition coefficient (Wildman–Crippen LogP) is 4.25. The molecule has 0 spiro atoms. The molecule has 3 aromatic rings. The van der Waals surface area contributed by atoms with Crippen LogP contribution >= 0.6 is 34.5 Å². The highest BCUT2D eigenvalue weighted by Crippen LogP contribution is 2.48. The van der Waals surface area contributed by atoms with Crippen molar-refractivity contribution in [3.63, 3.8) is 0 Å². The summed E-state index contributed by atoms with van der Waals surface area (Å²) in [6, 6.07) is 7.57. The van der Waals surface area contributed by atoms with E-state index in [1.54, 1.807) is 14.0 Å². The molecule has 3 N–H and O–H groups in total. The van der Waals surface area contributed by atoms with E-state index in [1.165, 1.54) is 11.3 Å². The topological polar surface area (TPSA) is 108 Å². The molecule has 178 valence electrons. The van der Waals surface area contributed by atoms with Gasteiger partial charge in [0.25, 0.3) is 5.91 Å². The van der Waals surface area contributed by atoms with Crippen molar-refractivity contribution in [1.29, 1.82) is 0 Å². The van der Waals surface area contributed by atoms with Gasteiger partial charge in [0.05, 0.1) is 22.8 Å². The number of methoxy groups -OCH3 is 1. The van der Waals surface area contributed by atoms with Crippen molar-refractivity contribution in [2.24, 2.45) is 11.8 Å². The Morgan fingerprint density at radius 1 is 1.26 bits per heavy atom. The number of H-pyrrole nitrogens is 1. The number of aromatic amines is 1. The van der Waals surface area contributed by atoms with Gasteiger partial charge in [0.1, 0.15) is 16.3 Å². The first kappa shape index (κ1) is 23.0. The molecule has 3 heterocycles. The highest BCUT2D eigenvalue weighted by atomic mass is 35.5. The molecule has 2 fully saturated rings. The van der Waals surface area contributed by atoms with Gasteiger partial charge in [-0.25, -0.2) is 9.78 Å². The maximum absolute atomic E-state index is 12.6. The van der Waals surface area contributed by atoms with Gasteiger partial charge in [0, 0.05) is 48.6 Å². The van der Waals surface area contributed by atoms with Gasteiger partial charge in [-0.1, -0.05) is 52.7 Å². The average molecular weight is 521 g/mol. The number of carbonyl (C=O) groups excluding carboxylic acids is 1. The Kier molecular flexibility index (Phi) is 5.95. The standard InChI is InChI=1S/C23H22Cl2N4O4S/c1-10-16(24)17(25)19(26-10)21(30)28-18-12-8-29(9-13(12)18)23-27-14(20(34-23)22(31)32)7-11-5-3-4-6-15(11)33-2/h3-6,12-13,18,26H,7-9H2,1-2H3,(H,28,30)(H,31,32)/t12-,13+,18?. The summed E-state index contributed by atoms with van der Waals surface area (Å²) in [4.78, 5) is 34.5. The van der Waals surface area contributed by atoms with Crippen LogP contribution in [0.5, 0.6) is 5.75 Å². The third-order valence-electron chi connectivity index (χ3n) is 6.47. The summed E-state index contributed by atoms with van der Waals surface area (Å²) in [6.45, 7) is 3.17. The normalized spacial score (nSPS) is 20.8. The number of nitrogens with zero attached hydrogens (tertiary/aromatic N) is 2. The number of halogens is 2. The number of aromatic nitrogens is 2. The van der Waals surface area contributed by atoms with Crippen LogP contribution in [0.2, 0.25) is 10.0 Å². The number of aryl methyl sites for hydroxylation is 1. The molecular formula is C23H22Cl2N4O4S. The number of nitrogens with one attached hydrogen (secondary N) is 2. The molecule has 5 rings (SSSR count).